The summed E-state index contributed by atoms with van der Waals surface area (Å²) in [7, 11) is 0. The van der Waals surface area contributed by atoms with Crippen molar-refractivity contribution in [2.45, 2.75) is 45.3 Å². The molecule has 50 heavy (non-hydrogen) atoms. The third kappa shape index (κ3) is 8.39. The number of halogens is 2. The van der Waals surface area contributed by atoms with Gasteiger partial charge in [0.25, 0.3) is 17.4 Å². The van der Waals surface area contributed by atoms with Crippen molar-refractivity contribution in [1.29, 1.82) is 0 Å². The van der Waals surface area contributed by atoms with Crippen molar-refractivity contribution in [3.05, 3.63) is 117 Å². The fourth-order valence-electron chi connectivity index (χ4n) is 5.28. The molecule has 3 heterocycles. The van der Waals surface area contributed by atoms with Crippen LogP contribution in [0, 0.1) is 0 Å². The van der Waals surface area contributed by atoms with Crippen molar-refractivity contribution in [2.75, 3.05) is 17.2 Å². The van der Waals surface area contributed by atoms with E-state index in [2.05, 4.69) is 31.3 Å². The fraction of sp³-hybridized carbons (Fsp3) is 0.222. The summed E-state index contributed by atoms with van der Waals surface area (Å²) in [6.07, 6.45) is 9.22. The van der Waals surface area contributed by atoms with Crippen LogP contribution in [0.2, 0.25) is 10.0 Å². The number of nitrogens with zero attached hydrogens (tertiary/aromatic N) is 4. The molecule has 1 aliphatic rings. The SMILES string of the molecule is CCn1nc(-c2cccc(-c3cc(C(=O)NCCCn4cccc4)cc(C(=O)NC4CC4)c3)c2)cc(NC(=O)Nc2c(Cl)cncc2Cl)c1=O. The van der Waals surface area contributed by atoms with E-state index in [1.54, 1.807) is 25.1 Å². The zero-order valence-corrected chi connectivity index (χ0v) is 28.6. The average molecular weight is 714 g/mol. The van der Waals surface area contributed by atoms with Gasteiger partial charge in [0, 0.05) is 67.2 Å². The van der Waals surface area contributed by atoms with E-state index in [1.807, 2.05) is 53.4 Å². The number of carbonyl (C=O) groups is 3. The largest absolute Gasteiger partial charge is 0.354 e. The summed E-state index contributed by atoms with van der Waals surface area (Å²) in [4.78, 5) is 56.4. The first-order chi connectivity index (χ1) is 24.2. The van der Waals surface area contributed by atoms with Gasteiger partial charge in [0.1, 0.15) is 5.69 Å². The molecule has 0 spiro atoms. The number of nitrogens with one attached hydrogen (secondary N) is 4. The monoisotopic (exact) mass is 712 g/mol. The van der Waals surface area contributed by atoms with Crippen LogP contribution in [0.15, 0.2) is 90.2 Å². The maximum atomic E-state index is 13.3. The molecule has 0 bridgehead atoms. The van der Waals surface area contributed by atoms with Gasteiger partial charge in [0.05, 0.1) is 21.4 Å². The second kappa shape index (κ2) is 15.4. The molecule has 1 fully saturated rings. The van der Waals surface area contributed by atoms with Gasteiger partial charge < -0.3 is 25.8 Å². The number of pyridine rings is 1. The molecule has 4 amide bonds. The van der Waals surface area contributed by atoms with Gasteiger partial charge in [-0.15, -0.1) is 0 Å². The summed E-state index contributed by atoms with van der Waals surface area (Å²) in [5, 5.41) is 15.9. The molecule has 0 unspecified atom stereocenters. The first-order valence-corrected chi connectivity index (χ1v) is 16.9. The number of hydrogen-bond donors (Lipinski definition) is 4. The summed E-state index contributed by atoms with van der Waals surface area (Å²) in [6, 6.07) is 17.3. The van der Waals surface area contributed by atoms with Crippen molar-refractivity contribution in [3.8, 4) is 22.4 Å². The predicted octanol–water partition coefficient (Wildman–Crippen LogP) is 6.46. The number of urea groups is 1. The number of rotatable bonds is 12. The lowest BCUT2D eigenvalue weighted by atomic mass is 9.97. The van der Waals surface area contributed by atoms with Crippen molar-refractivity contribution in [2.24, 2.45) is 0 Å². The van der Waals surface area contributed by atoms with Crippen LogP contribution in [-0.2, 0) is 13.1 Å². The molecule has 0 aliphatic heterocycles. The maximum Gasteiger partial charge on any atom is 0.323 e. The molecule has 256 valence electrons. The van der Waals surface area contributed by atoms with E-state index in [4.69, 9.17) is 23.2 Å². The Labute approximate surface area is 297 Å². The molecule has 6 rings (SSSR count). The van der Waals surface area contributed by atoms with Crippen molar-refractivity contribution >= 4 is 52.4 Å². The van der Waals surface area contributed by atoms with Crippen LogP contribution in [0.4, 0.5) is 16.2 Å². The summed E-state index contributed by atoms with van der Waals surface area (Å²) >= 11 is 12.3. The number of amides is 4. The lowest BCUT2D eigenvalue weighted by Gasteiger charge is -2.14. The highest BCUT2D eigenvalue weighted by atomic mass is 35.5. The number of benzene rings is 2. The molecule has 14 heteroatoms. The van der Waals surface area contributed by atoms with Crippen molar-refractivity contribution < 1.29 is 14.4 Å². The summed E-state index contributed by atoms with van der Waals surface area (Å²) in [5.74, 6) is -0.525. The molecule has 1 aliphatic carbocycles. The smallest absolute Gasteiger partial charge is 0.323 e. The third-order valence-corrected chi connectivity index (χ3v) is 8.59. The zero-order valence-electron chi connectivity index (χ0n) is 27.1. The number of anilines is 2. The Kier molecular flexibility index (Phi) is 10.6. The Bertz CT molecular complexity index is 2090. The Morgan fingerprint density at radius 1 is 0.860 bits per heavy atom. The fourth-order valence-corrected chi connectivity index (χ4v) is 5.74. The molecular weight excluding hydrogens is 679 g/mol. The molecule has 3 aromatic heterocycles. The highest BCUT2D eigenvalue weighted by Gasteiger charge is 2.25. The summed E-state index contributed by atoms with van der Waals surface area (Å²) in [6.45, 7) is 3.24. The molecule has 1 saturated carbocycles. The minimum absolute atomic E-state index is 0.0180. The molecule has 4 N–H and O–H groups in total. The Hall–Kier alpha value is -5.46. The van der Waals surface area contributed by atoms with Gasteiger partial charge in [0.2, 0.25) is 0 Å². The summed E-state index contributed by atoms with van der Waals surface area (Å²) in [5.41, 5.74) is 2.78. The topological polar surface area (TPSA) is 152 Å². The highest BCUT2D eigenvalue weighted by Crippen LogP contribution is 2.30. The minimum atomic E-state index is -0.734. The van der Waals surface area contributed by atoms with Crippen LogP contribution in [0.3, 0.4) is 0 Å². The molecule has 0 saturated heterocycles. The number of aryl methyl sites for hydroxylation is 2. The lowest BCUT2D eigenvalue weighted by molar-refractivity contribution is 0.0950. The molecule has 2 aromatic carbocycles. The lowest BCUT2D eigenvalue weighted by Crippen LogP contribution is -2.29. The normalized spacial score (nSPS) is 12.3. The van der Waals surface area contributed by atoms with Crippen LogP contribution in [-0.4, -0.2) is 49.8 Å². The number of hydrogen-bond acceptors (Lipinski definition) is 6. The van der Waals surface area contributed by atoms with Gasteiger partial charge in [-0.25, -0.2) is 9.48 Å². The first-order valence-electron chi connectivity index (χ1n) is 16.1. The van der Waals surface area contributed by atoms with Gasteiger partial charge >= 0.3 is 6.03 Å². The van der Waals surface area contributed by atoms with Gasteiger partial charge in [-0.2, -0.15) is 5.10 Å². The van der Waals surface area contributed by atoms with Gasteiger partial charge in [-0.3, -0.25) is 19.4 Å². The van der Waals surface area contributed by atoms with Crippen molar-refractivity contribution in [3.63, 3.8) is 0 Å². The third-order valence-electron chi connectivity index (χ3n) is 8.02. The van der Waals surface area contributed by atoms with E-state index >= 15 is 0 Å². The van der Waals surface area contributed by atoms with E-state index in [0.717, 1.165) is 31.4 Å². The van der Waals surface area contributed by atoms with E-state index in [0.29, 0.717) is 34.5 Å². The van der Waals surface area contributed by atoms with Crippen LogP contribution in [0.1, 0.15) is 46.9 Å². The van der Waals surface area contributed by atoms with E-state index in [1.165, 1.54) is 23.1 Å². The van der Waals surface area contributed by atoms with Gasteiger partial charge in [0.15, 0.2) is 0 Å². The zero-order chi connectivity index (χ0) is 35.2. The van der Waals surface area contributed by atoms with Gasteiger partial charge in [-0.05, 0) is 79.8 Å². The van der Waals surface area contributed by atoms with Crippen LogP contribution < -0.4 is 26.8 Å². The molecule has 12 nitrogen and oxygen atoms in total. The number of carbonyl (C=O) groups excluding carboxylic acids is 3. The molecule has 0 atom stereocenters. The Morgan fingerprint density at radius 3 is 2.26 bits per heavy atom. The Balaban J connectivity index is 1.27. The molecular formula is C36H34Cl2N8O4. The van der Waals surface area contributed by atoms with Crippen LogP contribution >= 0.6 is 23.2 Å². The standard InChI is InChI=1S/C36H34Cl2N8O4/c1-2-46-35(49)31(42-36(50)43-32-28(37)20-39-21-29(32)38)19-30(44-46)23-8-5-7-22(15-23)24-16-25(18-26(17-24)34(48)41-27-9-10-27)33(47)40-11-6-14-45-12-3-4-13-45/h3-5,7-8,12-13,15-21,27H,2,6,9-11,14H2,1H3,(H,40,47)(H,41,48)(H2,39,42,43,50). The van der Waals surface area contributed by atoms with Crippen LogP contribution in [0.25, 0.3) is 22.4 Å². The van der Waals surface area contributed by atoms with Gasteiger partial charge in [-0.1, -0.05) is 41.4 Å². The highest BCUT2D eigenvalue weighted by molar-refractivity contribution is 6.39. The quantitative estimate of drug-likeness (QED) is 0.109. The summed E-state index contributed by atoms with van der Waals surface area (Å²) < 4.78 is 3.29. The number of aromatic nitrogens is 4. The van der Waals surface area contributed by atoms with E-state index in [-0.39, 0.29) is 45.8 Å². The second-order valence-electron chi connectivity index (χ2n) is 11.8. The van der Waals surface area contributed by atoms with Crippen LogP contribution in [0.5, 0.6) is 0 Å². The van der Waals surface area contributed by atoms with E-state index in [9.17, 15) is 19.2 Å². The van der Waals surface area contributed by atoms with E-state index < -0.39 is 11.6 Å². The first kappa shape index (κ1) is 34.4. The second-order valence-corrected chi connectivity index (χ2v) is 12.6. The Morgan fingerprint density at radius 2 is 1.56 bits per heavy atom. The maximum absolute atomic E-state index is 13.3. The van der Waals surface area contributed by atoms with Crippen molar-refractivity contribution in [1.82, 2.24) is 30.0 Å². The molecule has 5 aromatic rings. The molecule has 0 radical (unpaired) electrons. The average Bonchev–Trinajstić information content (AvgIpc) is 3.78. The predicted molar refractivity (Wildman–Crippen MR) is 194 cm³/mol. The minimum Gasteiger partial charge on any atom is -0.354 e.